The Balaban J connectivity index is 0.000000160. The zero-order valence-electron chi connectivity index (χ0n) is 40.9. The number of aromatic nitrogens is 8. The van der Waals surface area contributed by atoms with Gasteiger partial charge in [0.25, 0.3) is 6.33 Å². The Bertz CT molecular complexity index is 3510. The normalized spacial score (nSPS) is 13.9. The Morgan fingerprint density at radius 2 is 1.11 bits per heavy atom. The first-order valence-electron chi connectivity index (χ1n) is 23.1. The second-order valence-electron chi connectivity index (χ2n) is 16.6. The summed E-state index contributed by atoms with van der Waals surface area (Å²) in [4.78, 5) is 26.2. The van der Waals surface area contributed by atoms with Crippen molar-refractivity contribution in [2.45, 2.75) is 38.8 Å². The number of amides is 1. The zero-order valence-corrected chi connectivity index (χ0v) is 44.1. The number of nitrogens with zero attached hydrogens (tertiary/aromatic N) is 11. The van der Waals surface area contributed by atoms with Gasteiger partial charge in [-0.25, -0.2) is 35.8 Å². The number of para-hydroxylation sites is 3. The molecule has 8 aromatic rings. The van der Waals surface area contributed by atoms with E-state index in [1.807, 2.05) is 11.0 Å². The lowest BCUT2D eigenvalue weighted by atomic mass is 9.93. The van der Waals surface area contributed by atoms with Gasteiger partial charge in [0.1, 0.15) is 48.2 Å². The van der Waals surface area contributed by atoms with Crippen molar-refractivity contribution in [1.82, 2.24) is 40.0 Å². The fourth-order valence-electron chi connectivity index (χ4n) is 7.12. The van der Waals surface area contributed by atoms with Crippen LogP contribution in [0, 0.1) is 5.82 Å². The maximum atomic E-state index is 15.0. The van der Waals surface area contributed by atoms with E-state index in [4.69, 9.17) is 12.5 Å². The molecule has 1 saturated carbocycles. The molecule has 1 saturated heterocycles. The Hall–Kier alpha value is -7.92. The average molecular weight is 1120 g/mol. The van der Waals surface area contributed by atoms with Crippen molar-refractivity contribution in [3.63, 3.8) is 0 Å². The summed E-state index contributed by atoms with van der Waals surface area (Å²) in [5.74, 6) is 0.388. The van der Waals surface area contributed by atoms with Crippen LogP contribution in [0.15, 0.2) is 184 Å². The van der Waals surface area contributed by atoms with Crippen molar-refractivity contribution in [3.05, 3.63) is 195 Å². The molecular formula is C48H53FN11O12S4+. The summed E-state index contributed by atoms with van der Waals surface area (Å²) >= 11 is 0. The van der Waals surface area contributed by atoms with Crippen LogP contribution in [0.5, 0.6) is 17.2 Å². The SMILES string of the molecule is CC(=O)N1CCN(c2ccc(CN(C3CCC3)S(=O)(=O)Oc3ccccc3)c(F)c2)CC1.C[n+]1ccn(S(=O)(=O)Oc2ccccc2)c1.O=S(=O)(Oc1ccccc1)n1ccnc1.O=S(=O)(n1ccnc1)n1ccnc1. The standard InChI is InChI=1S/C23H28FN3O4S.C10H11N2O3S.C9H8N2O3S.C6H6N4O2S/c1-18(28)25-12-14-26(15-13-25)21-11-10-19(23(24)16-21)17-27(20-6-5-7-20)32(29,30)31-22-8-3-2-4-9-22;1-11-7-8-12(9-11)16(13,14)15-10-5-3-2-4-6-10;12-15(13,11-7-6-10-8-11)14-9-4-2-1-3-5-9;11-13(12,9-3-1-7-5-9)10-4-2-8-6-10/h2-4,8-11,16,20H,5-7,12-15,17H2,1H3;2-9H,1H3;1-8H;1-6H/q;+1;;. The number of aryl methyl sites for hydroxylation is 1. The lowest BCUT2D eigenvalue weighted by Gasteiger charge is -2.36. The first kappa shape index (κ1) is 55.8. The largest absolute Gasteiger partial charge is 0.491 e. The minimum Gasteiger partial charge on any atom is -0.371 e. The van der Waals surface area contributed by atoms with Gasteiger partial charge < -0.3 is 22.3 Å². The summed E-state index contributed by atoms with van der Waals surface area (Å²) in [6.07, 6.45) is 18.6. The molecule has 0 atom stereocenters. The second kappa shape index (κ2) is 25.1. The summed E-state index contributed by atoms with van der Waals surface area (Å²) in [7, 11) is -13.5. The van der Waals surface area contributed by atoms with Gasteiger partial charge in [0.2, 0.25) is 5.91 Å². The molecule has 402 valence electrons. The van der Waals surface area contributed by atoms with Crippen LogP contribution >= 0.6 is 0 Å². The number of rotatable bonds is 15. The van der Waals surface area contributed by atoms with Crippen LogP contribution in [0.4, 0.5) is 10.1 Å². The molecule has 0 N–H and O–H groups in total. The summed E-state index contributed by atoms with van der Waals surface area (Å²) in [6, 6.07) is 29.7. The molecule has 0 radical (unpaired) electrons. The number of piperazine rings is 1. The molecular weight excluding hydrogens is 1070 g/mol. The van der Waals surface area contributed by atoms with E-state index in [1.165, 1.54) is 72.7 Å². The van der Waals surface area contributed by atoms with E-state index >= 15 is 4.39 Å². The van der Waals surface area contributed by atoms with Crippen LogP contribution in [0.1, 0.15) is 31.7 Å². The summed E-state index contributed by atoms with van der Waals surface area (Å²) < 4.78 is 133. The maximum Gasteiger partial charge on any atom is 0.491 e. The molecule has 2 aliphatic rings. The molecule has 2 fully saturated rings. The van der Waals surface area contributed by atoms with Gasteiger partial charge in [-0.1, -0.05) is 71.1 Å². The molecule has 28 heteroatoms. The highest BCUT2D eigenvalue weighted by Gasteiger charge is 2.36. The summed E-state index contributed by atoms with van der Waals surface area (Å²) in [5, 5.41) is 0. The number of anilines is 1. The van der Waals surface area contributed by atoms with E-state index < -0.39 is 46.9 Å². The Labute approximate surface area is 440 Å². The second-order valence-corrected chi connectivity index (χ2v) is 22.7. The van der Waals surface area contributed by atoms with Gasteiger partial charge in [0, 0.05) is 94.1 Å². The molecule has 4 aromatic carbocycles. The van der Waals surface area contributed by atoms with Gasteiger partial charge in [0.15, 0.2) is 6.20 Å². The topological polar surface area (TPSA) is 253 Å². The maximum absolute atomic E-state index is 15.0. The van der Waals surface area contributed by atoms with Gasteiger partial charge in [-0.05, 0) is 61.4 Å². The molecule has 4 aromatic heterocycles. The number of carbonyl (C=O) groups is 1. The first-order valence-corrected chi connectivity index (χ1v) is 28.6. The molecule has 10 rings (SSSR count). The van der Waals surface area contributed by atoms with Gasteiger partial charge in [-0.15, -0.1) is 8.42 Å². The van der Waals surface area contributed by atoms with Crippen molar-refractivity contribution in [2.24, 2.45) is 7.05 Å². The van der Waals surface area contributed by atoms with E-state index in [0.29, 0.717) is 37.5 Å². The third kappa shape index (κ3) is 15.1. The predicted octanol–water partition coefficient (Wildman–Crippen LogP) is 4.43. The van der Waals surface area contributed by atoms with Crippen LogP contribution in [0.2, 0.25) is 0 Å². The predicted molar refractivity (Wildman–Crippen MR) is 275 cm³/mol. The highest BCUT2D eigenvalue weighted by Crippen LogP contribution is 2.31. The first-order chi connectivity index (χ1) is 36.3. The van der Waals surface area contributed by atoms with Gasteiger partial charge in [0.05, 0.1) is 7.05 Å². The third-order valence-corrected chi connectivity index (χ3v) is 16.5. The van der Waals surface area contributed by atoms with E-state index in [-0.39, 0.29) is 30.0 Å². The van der Waals surface area contributed by atoms with Crippen LogP contribution in [-0.4, -0.2) is 112 Å². The number of imidazole rings is 4. The van der Waals surface area contributed by atoms with Crippen molar-refractivity contribution >= 4 is 52.7 Å². The number of hydrogen-bond acceptors (Lipinski definition) is 16. The van der Waals surface area contributed by atoms with Gasteiger partial charge >= 0.3 is 41.1 Å². The quantitative estimate of drug-likeness (QED) is 0.129. The minimum atomic E-state index is -4.08. The number of carbonyl (C=O) groups excluding carboxylic acids is 1. The molecule has 1 aliphatic carbocycles. The van der Waals surface area contributed by atoms with Crippen molar-refractivity contribution in [3.8, 4) is 17.2 Å². The van der Waals surface area contributed by atoms with Crippen molar-refractivity contribution < 1.29 is 60.0 Å². The number of hydrogen-bond donors (Lipinski definition) is 0. The van der Waals surface area contributed by atoms with E-state index in [2.05, 4.69) is 15.0 Å². The van der Waals surface area contributed by atoms with Crippen LogP contribution < -0.4 is 22.0 Å². The molecule has 0 spiro atoms. The van der Waals surface area contributed by atoms with Gasteiger partial charge in [-0.3, -0.25) is 4.79 Å². The molecule has 0 unspecified atom stereocenters. The lowest BCUT2D eigenvalue weighted by molar-refractivity contribution is -0.670. The molecule has 23 nitrogen and oxygen atoms in total. The summed E-state index contributed by atoms with van der Waals surface area (Å²) in [5.41, 5.74) is 1.04. The van der Waals surface area contributed by atoms with Crippen LogP contribution in [-0.2, 0) is 59.5 Å². The van der Waals surface area contributed by atoms with E-state index in [1.54, 1.807) is 127 Å². The Morgan fingerprint density at radius 3 is 1.51 bits per heavy atom. The summed E-state index contributed by atoms with van der Waals surface area (Å²) in [6.45, 7) is 3.93. The highest BCUT2D eigenvalue weighted by atomic mass is 32.2. The van der Waals surface area contributed by atoms with Crippen molar-refractivity contribution in [2.75, 3.05) is 31.1 Å². The van der Waals surface area contributed by atoms with Crippen LogP contribution in [0.3, 0.4) is 0 Å². The lowest BCUT2D eigenvalue weighted by Crippen LogP contribution is -2.48. The van der Waals surface area contributed by atoms with E-state index in [0.717, 1.165) is 47.2 Å². The monoisotopic (exact) mass is 1120 g/mol. The minimum absolute atomic E-state index is 0.0428. The Morgan fingerprint density at radius 1 is 0.632 bits per heavy atom. The third-order valence-electron chi connectivity index (χ3n) is 11.3. The smallest absolute Gasteiger partial charge is 0.371 e. The Kier molecular flexibility index (Phi) is 18.4. The molecule has 1 amide bonds. The fraction of sp³-hybridized carbons (Fsp3) is 0.229. The fourth-order valence-corrected chi connectivity index (χ4v) is 11.1. The van der Waals surface area contributed by atoms with Gasteiger partial charge in [-0.2, -0.15) is 29.6 Å². The molecule has 76 heavy (non-hydrogen) atoms. The van der Waals surface area contributed by atoms with Crippen molar-refractivity contribution in [1.29, 1.82) is 0 Å². The highest BCUT2D eigenvalue weighted by molar-refractivity contribution is 7.88. The molecule has 1 aliphatic heterocycles. The van der Waals surface area contributed by atoms with E-state index in [9.17, 15) is 38.5 Å². The number of halogens is 1. The molecule has 5 heterocycles. The molecule has 0 bridgehead atoms. The van der Waals surface area contributed by atoms with Crippen LogP contribution in [0.25, 0.3) is 0 Å². The zero-order chi connectivity index (χ0) is 54.4. The average Bonchev–Trinajstić information content (AvgIpc) is 4.26. The number of benzene rings is 4.